The third-order valence-corrected chi connectivity index (χ3v) is 2.64. The van der Waals surface area contributed by atoms with E-state index in [0.717, 1.165) is 5.56 Å². The smallest absolute Gasteiger partial charge is 0.335 e. The Hall–Kier alpha value is -1.88. The Morgan fingerprint density at radius 3 is 2.74 bits per heavy atom. The fraction of sp³-hybridized carbons (Fsp3) is 0.429. The lowest BCUT2D eigenvalue weighted by Gasteiger charge is -2.07. The van der Waals surface area contributed by atoms with Gasteiger partial charge in [0.1, 0.15) is 0 Å². The Labute approximate surface area is 112 Å². The predicted molar refractivity (Wildman–Crippen MR) is 71.2 cm³/mol. The average molecular weight is 265 g/mol. The minimum atomic E-state index is -0.946. The summed E-state index contributed by atoms with van der Waals surface area (Å²) in [5.41, 5.74) is 1.01. The molecule has 2 N–H and O–H groups in total. The van der Waals surface area contributed by atoms with Crippen molar-refractivity contribution >= 4 is 11.9 Å². The topological polar surface area (TPSA) is 75.6 Å². The van der Waals surface area contributed by atoms with E-state index in [9.17, 15) is 9.59 Å². The number of carbonyl (C=O) groups is 2. The summed E-state index contributed by atoms with van der Waals surface area (Å²) in [6, 6.07) is 6.80. The van der Waals surface area contributed by atoms with Crippen LogP contribution in [0.4, 0.5) is 0 Å². The van der Waals surface area contributed by atoms with Crippen molar-refractivity contribution in [2.45, 2.75) is 19.8 Å². The Kier molecular flexibility index (Phi) is 6.60. The summed E-state index contributed by atoms with van der Waals surface area (Å²) in [5, 5.41) is 11.8. The van der Waals surface area contributed by atoms with Crippen LogP contribution < -0.4 is 5.32 Å². The van der Waals surface area contributed by atoms with Gasteiger partial charge in [-0.05, 0) is 25.0 Å². The van der Waals surface area contributed by atoms with E-state index in [0.29, 0.717) is 32.6 Å². The summed E-state index contributed by atoms with van der Waals surface area (Å²) in [4.78, 5) is 22.4. The zero-order valence-corrected chi connectivity index (χ0v) is 11.0. The lowest BCUT2D eigenvalue weighted by atomic mass is 10.0. The quantitative estimate of drug-likeness (QED) is 0.698. The molecule has 0 saturated heterocycles. The van der Waals surface area contributed by atoms with Crippen molar-refractivity contribution in [1.29, 1.82) is 0 Å². The average Bonchev–Trinajstić information content (AvgIpc) is 2.39. The molecule has 0 aliphatic rings. The second-order valence-corrected chi connectivity index (χ2v) is 4.01. The van der Waals surface area contributed by atoms with Crippen LogP contribution in [0.2, 0.25) is 0 Å². The number of aromatic carboxylic acids is 1. The molecule has 1 aromatic carbocycles. The third-order valence-electron chi connectivity index (χ3n) is 2.64. The standard InChI is InChI=1S/C14H19NO4/c1-2-19-10-8-13(16)15-9-7-11-5-3-4-6-12(11)14(17)18/h3-6H,2,7-10H2,1H3,(H,15,16)(H,17,18). The van der Waals surface area contributed by atoms with Gasteiger partial charge in [0, 0.05) is 19.6 Å². The molecule has 0 heterocycles. The highest BCUT2D eigenvalue weighted by molar-refractivity contribution is 5.89. The minimum Gasteiger partial charge on any atom is -0.478 e. The van der Waals surface area contributed by atoms with Crippen LogP contribution in [0.1, 0.15) is 29.3 Å². The van der Waals surface area contributed by atoms with E-state index in [2.05, 4.69) is 5.32 Å². The van der Waals surface area contributed by atoms with Gasteiger partial charge in [-0.3, -0.25) is 4.79 Å². The fourth-order valence-corrected chi connectivity index (χ4v) is 1.68. The Bertz CT molecular complexity index is 431. The predicted octanol–water partition coefficient (Wildman–Crippen LogP) is 1.47. The Balaban J connectivity index is 2.37. The molecule has 5 nitrogen and oxygen atoms in total. The van der Waals surface area contributed by atoms with E-state index in [4.69, 9.17) is 9.84 Å². The second-order valence-electron chi connectivity index (χ2n) is 4.01. The van der Waals surface area contributed by atoms with Crippen molar-refractivity contribution in [3.8, 4) is 0 Å². The first kappa shape index (κ1) is 15.2. The minimum absolute atomic E-state index is 0.0822. The van der Waals surface area contributed by atoms with Crippen molar-refractivity contribution in [2.75, 3.05) is 19.8 Å². The van der Waals surface area contributed by atoms with Gasteiger partial charge in [-0.25, -0.2) is 4.79 Å². The van der Waals surface area contributed by atoms with Crippen LogP contribution in [0.5, 0.6) is 0 Å². The number of amides is 1. The number of carbonyl (C=O) groups excluding carboxylic acids is 1. The molecule has 1 rings (SSSR count). The van der Waals surface area contributed by atoms with E-state index in [-0.39, 0.29) is 11.5 Å². The van der Waals surface area contributed by atoms with E-state index in [1.807, 2.05) is 6.92 Å². The second kappa shape index (κ2) is 8.26. The molecule has 1 aromatic rings. The first-order valence-corrected chi connectivity index (χ1v) is 6.30. The molecule has 0 saturated carbocycles. The molecule has 5 heteroatoms. The first-order valence-electron chi connectivity index (χ1n) is 6.30. The van der Waals surface area contributed by atoms with Gasteiger partial charge in [-0.15, -0.1) is 0 Å². The molecule has 0 aliphatic carbocycles. The van der Waals surface area contributed by atoms with Crippen molar-refractivity contribution < 1.29 is 19.4 Å². The molecule has 0 aromatic heterocycles. The first-order chi connectivity index (χ1) is 9.15. The lowest BCUT2D eigenvalue weighted by Crippen LogP contribution is -2.27. The normalized spacial score (nSPS) is 10.2. The number of rotatable bonds is 8. The van der Waals surface area contributed by atoms with Crippen molar-refractivity contribution in [3.05, 3.63) is 35.4 Å². The molecule has 0 aliphatic heterocycles. The third kappa shape index (κ3) is 5.52. The van der Waals surface area contributed by atoms with Crippen LogP contribution in [-0.2, 0) is 16.0 Å². The molecule has 0 spiro atoms. The van der Waals surface area contributed by atoms with E-state index in [1.54, 1.807) is 24.3 Å². The van der Waals surface area contributed by atoms with Gasteiger partial charge < -0.3 is 15.2 Å². The summed E-state index contributed by atoms with van der Waals surface area (Å²) in [6.45, 7) is 3.31. The molecule has 19 heavy (non-hydrogen) atoms. The molecule has 0 radical (unpaired) electrons. The molecule has 0 fully saturated rings. The molecule has 104 valence electrons. The highest BCUT2D eigenvalue weighted by Crippen LogP contribution is 2.08. The number of hydrogen-bond donors (Lipinski definition) is 2. The SMILES string of the molecule is CCOCCC(=O)NCCc1ccccc1C(=O)O. The Morgan fingerprint density at radius 1 is 1.32 bits per heavy atom. The van der Waals surface area contributed by atoms with Gasteiger partial charge in [0.05, 0.1) is 12.2 Å². The van der Waals surface area contributed by atoms with Crippen LogP contribution in [0.3, 0.4) is 0 Å². The van der Waals surface area contributed by atoms with E-state index >= 15 is 0 Å². The number of benzene rings is 1. The van der Waals surface area contributed by atoms with Crippen LogP contribution >= 0.6 is 0 Å². The lowest BCUT2D eigenvalue weighted by molar-refractivity contribution is -0.122. The van der Waals surface area contributed by atoms with Gasteiger partial charge in [0.2, 0.25) is 5.91 Å². The van der Waals surface area contributed by atoms with Gasteiger partial charge in [0.15, 0.2) is 0 Å². The largest absolute Gasteiger partial charge is 0.478 e. The molecule has 0 unspecified atom stereocenters. The number of ether oxygens (including phenoxy) is 1. The fourth-order valence-electron chi connectivity index (χ4n) is 1.68. The van der Waals surface area contributed by atoms with Crippen molar-refractivity contribution in [3.63, 3.8) is 0 Å². The van der Waals surface area contributed by atoms with Crippen LogP contribution in [-0.4, -0.2) is 36.7 Å². The van der Waals surface area contributed by atoms with E-state index in [1.165, 1.54) is 0 Å². The Morgan fingerprint density at radius 2 is 2.05 bits per heavy atom. The maximum Gasteiger partial charge on any atom is 0.335 e. The molecule has 0 bridgehead atoms. The van der Waals surface area contributed by atoms with Gasteiger partial charge in [-0.1, -0.05) is 18.2 Å². The molecule has 0 atom stereocenters. The van der Waals surface area contributed by atoms with Gasteiger partial charge in [-0.2, -0.15) is 0 Å². The highest BCUT2D eigenvalue weighted by Gasteiger charge is 2.08. The summed E-state index contributed by atoms with van der Waals surface area (Å²) >= 11 is 0. The van der Waals surface area contributed by atoms with Crippen molar-refractivity contribution in [2.24, 2.45) is 0 Å². The molecular formula is C14H19NO4. The molecular weight excluding hydrogens is 246 g/mol. The summed E-state index contributed by atoms with van der Waals surface area (Å²) in [7, 11) is 0. The van der Waals surface area contributed by atoms with Gasteiger partial charge in [0.25, 0.3) is 0 Å². The number of carboxylic acids is 1. The van der Waals surface area contributed by atoms with Gasteiger partial charge >= 0.3 is 5.97 Å². The highest BCUT2D eigenvalue weighted by atomic mass is 16.5. The number of carboxylic acid groups (broad SMARTS) is 1. The maximum atomic E-state index is 11.4. The molecule has 1 amide bonds. The number of hydrogen-bond acceptors (Lipinski definition) is 3. The summed E-state index contributed by atoms with van der Waals surface area (Å²) < 4.78 is 5.08. The summed E-state index contributed by atoms with van der Waals surface area (Å²) in [5.74, 6) is -1.03. The van der Waals surface area contributed by atoms with Crippen LogP contribution in [0.15, 0.2) is 24.3 Å². The summed E-state index contributed by atoms with van der Waals surface area (Å²) in [6.07, 6.45) is 0.831. The maximum absolute atomic E-state index is 11.4. The zero-order chi connectivity index (χ0) is 14.1. The monoisotopic (exact) mass is 265 g/mol. The zero-order valence-electron chi connectivity index (χ0n) is 11.0. The van der Waals surface area contributed by atoms with Crippen molar-refractivity contribution in [1.82, 2.24) is 5.32 Å². The van der Waals surface area contributed by atoms with Crippen LogP contribution in [0, 0.1) is 0 Å². The number of nitrogens with one attached hydrogen (secondary N) is 1. The van der Waals surface area contributed by atoms with Crippen LogP contribution in [0.25, 0.3) is 0 Å². The van der Waals surface area contributed by atoms with E-state index < -0.39 is 5.97 Å².